The van der Waals surface area contributed by atoms with Crippen LogP contribution in [-0.2, 0) is 0 Å². The first-order valence-electron chi connectivity index (χ1n) is 10.6. The minimum Gasteiger partial charge on any atom is -0.300 e. The van der Waals surface area contributed by atoms with E-state index >= 15 is 0 Å². The Morgan fingerprint density at radius 1 is 0.897 bits per heavy atom. The maximum absolute atomic E-state index is 9.40. The van der Waals surface area contributed by atoms with Crippen molar-refractivity contribution in [2.75, 3.05) is 26.2 Å². The Labute approximate surface area is 183 Å². The average Bonchev–Trinajstić information content (AvgIpc) is 3.27. The lowest BCUT2D eigenvalue weighted by Crippen LogP contribution is -2.41. The molecule has 2 aliphatic heterocycles. The second-order valence-electron chi connectivity index (χ2n) is 8.14. The van der Waals surface area contributed by atoms with Crippen molar-refractivity contribution in [3.63, 3.8) is 0 Å². The third kappa shape index (κ3) is 5.19. The Morgan fingerprint density at radius 3 is 2.38 bits per heavy atom. The number of rotatable bonds is 5. The summed E-state index contributed by atoms with van der Waals surface area (Å²) in [4.78, 5) is 6.43. The van der Waals surface area contributed by atoms with E-state index in [1.165, 1.54) is 64.6 Å². The number of hydrogen-bond acceptors (Lipinski definition) is 5. The van der Waals surface area contributed by atoms with Crippen LogP contribution < -0.4 is 0 Å². The minimum atomic E-state index is 0.741. The van der Waals surface area contributed by atoms with E-state index < -0.39 is 0 Å². The molecular weight excluding hydrogens is 394 g/mol. The van der Waals surface area contributed by atoms with Crippen molar-refractivity contribution < 1.29 is 0 Å². The van der Waals surface area contributed by atoms with Crippen LogP contribution in [-0.4, -0.2) is 41.4 Å². The van der Waals surface area contributed by atoms with Crippen molar-refractivity contribution in [1.82, 2.24) is 9.21 Å². The molecule has 0 radical (unpaired) electrons. The van der Waals surface area contributed by atoms with Gasteiger partial charge < -0.3 is 4.90 Å². The maximum atomic E-state index is 9.40. The highest BCUT2D eigenvalue weighted by Gasteiger charge is 2.27. The molecule has 0 N–H and O–H groups in total. The third-order valence-corrected chi connectivity index (χ3v) is 8.47. The summed E-state index contributed by atoms with van der Waals surface area (Å²) >= 11 is 3.66. The lowest BCUT2D eigenvalue weighted by Gasteiger charge is -2.36. The van der Waals surface area contributed by atoms with Crippen LogP contribution >= 0.6 is 23.7 Å². The van der Waals surface area contributed by atoms with E-state index in [4.69, 9.17) is 0 Å². The molecule has 2 aliphatic rings. The molecule has 0 atom stereocenters. The first-order valence-corrected chi connectivity index (χ1v) is 12.2. The van der Waals surface area contributed by atoms with Crippen LogP contribution in [0, 0.1) is 25.2 Å². The maximum Gasteiger partial charge on any atom is 0.0992 e. The topological polar surface area (TPSA) is 30.3 Å². The lowest BCUT2D eigenvalue weighted by molar-refractivity contribution is 0.172. The average molecular weight is 424 g/mol. The van der Waals surface area contributed by atoms with E-state index in [1.54, 1.807) is 0 Å². The number of aryl methyl sites for hydroxylation is 2. The largest absolute Gasteiger partial charge is 0.300 e. The Hall–Kier alpha value is -1.45. The van der Waals surface area contributed by atoms with E-state index in [0.29, 0.717) is 0 Å². The first kappa shape index (κ1) is 20.8. The molecule has 0 saturated carbocycles. The number of likely N-dealkylation sites (tertiary alicyclic amines) is 1. The van der Waals surface area contributed by atoms with E-state index in [0.717, 1.165) is 24.7 Å². The second kappa shape index (κ2) is 9.57. The van der Waals surface area contributed by atoms with Crippen molar-refractivity contribution in [1.29, 1.82) is 5.26 Å². The lowest BCUT2D eigenvalue weighted by atomic mass is 10.1. The van der Waals surface area contributed by atoms with Gasteiger partial charge in [-0.05, 0) is 100.0 Å². The predicted molar refractivity (Wildman–Crippen MR) is 122 cm³/mol. The SMILES string of the molecule is Cc1ccc(C)c(Sc2ccc(C#N)cc2SN2CCC(N3CCCC3)CC2)c1. The smallest absolute Gasteiger partial charge is 0.0992 e. The van der Waals surface area contributed by atoms with Crippen LogP contribution in [0.3, 0.4) is 0 Å². The summed E-state index contributed by atoms with van der Waals surface area (Å²) in [5.41, 5.74) is 3.32. The molecule has 4 rings (SSSR count). The van der Waals surface area contributed by atoms with E-state index in [9.17, 15) is 5.26 Å². The number of nitriles is 1. The molecule has 2 fully saturated rings. The summed E-state index contributed by atoms with van der Waals surface area (Å²) in [6, 6.07) is 15.8. The number of nitrogens with zero attached hydrogens (tertiary/aromatic N) is 3. The van der Waals surface area contributed by atoms with Gasteiger partial charge in [-0.15, -0.1) is 0 Å². The zero-order valence-electron chi connectivity index (χ0n) is 17.4. The molecule has 2 saturated heterocycles. The van der Waals surface area contributed by atoms with E-state index in [1.807, 2.05) is 29.8 Å². The van der Waals surface area contributed by atoms with Crippen LogP contribution in [0.4, 0.5) is 0 Å². The molecule has 152 valence electrons. The molecule has 29 heavy (non-hydrogen) atoms. The fourth-order valence-electron chi connectivity index (χ4n) is 4.21. The molecule has 3 nitrogen and oxygen atoms in total. The molecule has 0 aromatic heterocycles. The third-order valence-electron chi connectivity index (χ3n) is 5.94. The van der Waals surface area contributed by atoms with E-state index in [-0.39, 0.29) is 0 Å². The van der Waals surface area contributed by atoms with Crippen LogP contribution in [0.5, 0.6) is 0 Å². The molecule has 2 heterocycles. The molecule has 0 spiro atoms. The number of benzene rings is 2. The highest BCUT2D eigenvalue weighted by Crippen LogP contribution is 2.40. The van der Waals surface area contributed by atoms with Crippen molar-refractivity contribution >= 4 is 23.7 Å². The van der Waals surface area contributed by atoms with Crippen molar-refractivity contribution in [3.8, 4) is 6.07 Å². The summed E-state index contributed by atoms with van der Waals surface area (Å²) in [6.45, 7) is 9.13. The van der Waals surface area contributed by atoms with Gasteiger partial charge in [0.2, 0.25) is 0 Å². The summed E-state index contributed by atoms with van der Waals surface area (Å²) in [7, 11) is 0. The molecule has 0 unspecified atom stereocenters. The molecular formula is C24H29N3S2. The summed E-state index contributed by atoms with van der Waals surface area (Å²) in [5.74, 6) is 0. The highest BCUT2D eigenvalue weighted by atomic mass is 32.2. The quantitative estimate of drug-likeness (QED) is 0.559. The Morgan fingerprint density at radius 2 is 1.66 bits per heavy atom. The number of hydrogen-bond donors (Lipinski definition) is 0. The van der Waals surface area contributed by atoms with E-state index in [2.05, 4.69) is 59.5 Å². The van der Waals surface area contributed by atoms with Crippen molar-refractivity contribution in [2.24, 2.45) is 0 Å². The monoisotopic (exact) mass is 423 g/mol. The highest BCUT2D eigenvalue weighted by molar-refractivity contribution is 8.01. The van der Waals surface area contributed by atoms with Crippen LogP contribution in [0.2, 0.25) is 0 Å². The molecule has 0 aliphatic carbocycles. The van der Waals surface area contributed by atoms with Gasteiger partial charge in [0.05, 0.1) is 11.6 Å². The zero-order chi connectivity index (χ0) is 20.2. The fourth-order valence-corrected chi connectivity index (χ4v) is 6.47. The summed E-state index contributed by atoms with van der Waals surface area (Å²) < 4.78 is 2.50. The van der Waals surface area contributed by atoms with Gasteiger partial charge in [0, 0.05) is 33.8 Å². The molecule has 0 bridgehead atoms. The minimum absolute atomic E-state index is 0.741. The van der Waals surface area contributed by atoms with Gasteiger partial charge in [-0.25, -0.2) is 4.31 Å². The van der Waals surface area contributed by atoms with Crippen LogP contribution in [0.15, 0.2) is 51.1 Å². The number of piperidine rings is 1. The molecule has 2 aromatic rings. The van der Waals surface area contributed by atoms with Gasteiger partial charge in [-0.3, -0.25) is 0 Å². The Bertz CT molecular complexity index is 891. The van der Waals surface area contributed by atoms with Gasteiger partial charge in [0.25, 0.3) is 0 Å². The van der Waals surface area contributed by atoms with Gasteiger partial charge >= 0.3 is 0 Å². The van der Waals surface area contributed by atoms with Crippen LogP contribution in [0.25, 0.3) is 0 Å². The predicted octanol–water partition coefficient (Wildman–Crippen LogP) is 5.89. The zero-order valence-corrected chi connectivity index (χ0v) is 19.0. The van der Waals surface area contributed by atoms with Gasteiger partial charge in [0.1, 0.15) is 0 Å². The molecule has 5 heteroatoms. The van der Waals surface area contributed by atoms with Gasteiger partial charge in [-0.1, -0.05) is 23.9 Å². The summed E-state index contributed by atoms with van der Waals surface area (Å²) in [5, 5.41) is 9.40. The second-order valence-corrected chi connectivity index (χ2v) is 10.4. The molecule has 0 amide bonds. The first-order chi connectivity index (χ1) is 14.1. The fraction of sp³-hybridized carbons (Fsp3) is 0.458. The van der Waals surface area contributed by atoms with Gasteiger partial charge in [-0.2, -0.15) is 5.26 Å². The molecule has 2 aromatic carbocycles. The standard InChI is InChI=1S/C24H29N3S2/c1-18-5-6-19(2)23(15-18)28-22-8-7-20(17-25)16-24(22)29-27-13-9-21(10-14-27)26-11-3-4-12-26/h5-8,15-16,21H,3-4,9-14H2,1-2H3. The Balaban J connectivity index is 1.47. The summed E-state index contributed by atoms with van der Waals surface area (Å²) in [6.07, 6.45) is 5.25. The van der Waals surface area contributed by atoms with Crippen molar-refractivity contribution in [3.05, 3.63) is 53.1 Å². The van der Waals surface area contributed by atoms with Crippen LogP contribution in [0.1, 0.15) is 42.4 Å². The normalized spacial score (nSPS) is 18.8. The Kier molecular flexibility index (Phi) is 6.87. The van der Waals surface area contributed by atoms with Crippen molar-refractivity contribution in [2.45, 2.75) is 60.3 Å². The van der Waals surface area contributed by atoms with Gasteiger partial charge in [0.15, 0.2) is 0 Å².